The van der Waals surface area contributed by atoms with Gasteiger partial charge < -0.3 is 0 Å². The number of halogens is 3. The summed E-state index contributed by atoms with van der Waals surface area (Å²) in [6.45, 7) is 1.95. The molecule has 0 radical (unpaired) electrons. The number of carbonyl (C=O) groups excluding carboxylic acids is 1. The fourth-order valence-corrected chi connectivity index (χ4v) is 2.84. The van der Waals surface area contributed by atoms with Gasteiger partial charge in [-0.2, -0.15) is 0 Å². The molecule has 1 nitrogen and oxygen atoms in total. The highest BCUT2D eigenvalue weighted by Gasteiger charge is 2.15. The summed E-state index contributed by atoms with van der Waals surface area (Å²) in [5, 5.41) is 1.04. The van der Waals surface area contributed by atoms with Gasteiger partial charge in [-0.1, -0.05) is 47.5 Å². The summed E-state index contributed by atoms with van der Waals surface area (Å²) in [5.74, 6) is -0.00873. The maximum absolute atomic E-state index is 12.3. The van der Waals surface area contributed by atoms with Crippen molar-refractivity contribution in [2.45, 2.75) is 13.3 Å². The molecule has 2 aromatic carbocycles. The molecule has 0 atom stereocenters. The molecule has 0 unspecified atom stereocenters. The minimum absolute atomic E-state index is 0.00873. The van der Waals surface area contributed by atoms with Gasteiger partial charge in [0.25, 0.3) is 0 Å². The number of carbonyl (C=O) groups is 1. The van der Waals surface area contributed by atoms with Crippen LogP contribution in [-0.2, 0) is 6.42 Å². The van der Waals surface area contributed by atoms with E-state index in [4.69, 9.17) is 23.2 Å². The van der Waals surface area contributed by atoms with Crippen molar-refractivity contribution in [3.05, 3.63) is 67.6 Å². The van der Waals surface area contributed by atoms with Gasteiger partial charge in [0.2, 0.25) is 0 Å². The molecular weight excluding hydrogens is 347 g/mol. The predicted octanol–water partition coefficient (Wildman–Crippen LogP) is 5.49. The first-order valence-corrected chi connectivity index (χ1v) is 7.27. The van der Waals surface area contributed by atoms with Crippen molar-refractivity contribution >= 4 is 44.9 Å². The molecular formula is C15H11BrCl2O. The number of benzene rings is 2. The highest BCUT2D eigenvalue weighted by molar-refractivity contribution is 9.10. The van der Waals surface area contributed by atoms with Crippen LogP contribution in [0.3, 0.4) is 0 Å². The zero-order valence-electron chi connectivity index (χ0n) is 10.2. The van der Waals surface area contributed by atoms with E-state index in [0.717, 1.165) is 10.0 Å². The Bertz CT molecular complexity index is 618. The number of ketones is 1. The number of Topliss-reactive ketones (excluding diaryl/α,β-unsaturated/α-hetero) is 1. The van der Waals surface area contributed by atoms with Crippen LogP contribution >= 0.6 is 39.1 Å². The van der Waals surface area contributed by atoms with Gasteiger partial charge in [-0.25, -0.2) is 0 Å². The summed E-state index contributed by atoms with van der Waals surface area (Å²) in [6, 6.07) is 10.8. The van der Waals surface area contributed by atoms with E-state index in [-0.39, 0.29) is 12.2 Å². The van der Waals surface area contributed by atoms with Crippen LogP contribution < -0.4 is 0 Å². The quantitative estimate of drug-likeness (QED) is 0.664. The van der Waals surface area contributed by atoms with E-state index >= 15 is 0 Å². The van der Waals surface area contributed by atoms with Gasteiger partial charge in [0.15, 0.2) is 5.78 Å². The van der Waals surface area contributed by atoms with Gasteiger partial charge in [-0.05, 0) is 46.1 Å². The molecule has 0 fully saturated rings. The van der Waals surface area contributed by atoms with Gasteiger partial charge in [0.05, 0.1) is 0 Å². The third-order valence-corrected chi connectivity index (χ3v) is 4.65. The molecule has 0 aliphatic carbocycles. The van der Waals surface area contributed by atoms with Crippen LogP contribution in [0.4, 0.5) is 0 Å². The average molecular weight is 358 g/mol. The van der Waals surface area contributed by atoms with Crippen molar-refractivity contribution < 1.29 is 4.79 Å². The van der Waals surface area contributed by atoms with E-state index < -0.39 is 0 Å². The SMILES string of the molecule is Cc1cccc(C(=O)Cc2c(Cl)cccc2Cl)c1Br. The summed E-state index contributed by atoms with van der Waals surface area (Å²) < 4.78 is 0.822. The van der Waals surface area contributed by atoms with Crippen molar-refractivity contribution in [1.29, 1.82) is 0 Å². The fraction of sp³-hybridized carbons (Fsp3) is 0.133. The number of aryl methyl sites for hydroxylation is 1. The molecule has 0 aromatic heterocycles. The van der Waals surface area contributed by atoms with Gasteiger partial charge in [-0.15, -0.1) is 0 Å². The lowest BCUT2D eigenvalue weighted by Gasteiger charge is -2.08. The summed E-state index contributed by atoms with van der Waals surface area (Å²) >= 11 is 15.6. The lowest BCUT2D eigenvalue weighted by molar-refractivity contribution is 0.0992. The molecule has 0 saturated heterocycles. The van der Waals surface area contributed by atoms with Crippen LogP contribution in [0, 0.1) is 6.92 Å². The molecule has 19 heavy (non-hydrogen) atoms. The van der Waals surface area contributed by atoms with Crippen molar-refractivity contribution in [3.63, 3.8) is 0 Å². The lowest BCUT2D eigenvalue weighted by atomic mass is 10.0. The maximum atomic E-state index is 12.3. The molecule has 0 heterocycles. The van der Waals surface area contributed by atoms with E-state index in [9.17, 15) is 4.79 Å². The first-order valence-electron chi connectivity index (χ1n) is 5.72. The molecule has 0 amide bonds. The summed E-state index contributed by atoms with van der Waals surface area (Å²) in [6.07, 6.45) is 0.195. The Balaban J connectivity index is 2.34. The second-order valence-corrected chi connectivity index (χ2v) is 5.84. The molecule has 2 rings (SSSR count). The standard InChI is InChI=1S/C15H11BrCl2O/c1-9-4-2-5-10(15(9)16)14(19)8-11-12(17)6-3-7-13(11)18/h2-7H,8H2,1H3. The molecule has 2 aromatic rings. The normalized spacial score (nSPS) is 10.5. The van der Waals surface area contributed by atoms with Crippen LogP contribution in [0.25, 0.3) is 0 Å². The summed E-state index contributed by atoms with van der Waals surface area (Å²) in [5.41, 5.74) is 2.34. The first-order chi connectivity index (χ1) is 9.00. The Labute approximate surface area is 130 Å². The Hall–Kier alpha value is -0.830. The van der Waals surface area contributed by atoms with Gasteiger partial charge in [0.1, 0.15) is 0 Å². The van der Waals surface area contributed by atoms with Crippen LogP contribution in [0.2, 0.25) is 10.0 Å². The highest BCUT2D eigenvalue weighted by atomic mass is 79.9. The van der Waals surface area contributed by atoms with E-state index in [0.29, 0.717) is 21.2 Å². The number of hydrogen-bond acceptors (Lipinski definition) is 1. The van der Waals surface area contributed by atoms with Crippen LogP contribution in [-0.4, -0.2) is 5.78 Å². The zero-order chi connectivity index (χ0) is 14.0. The number of rotatable bonds is 3. The van der Waals surface area contributed by atoms with Gasteiger partial charge in [-0.3, -0.25) is 4.79 Å². The molecule has 0 bridgehead atoms. The Morgan fingerprint density at radius 3 is 2.32 bits per heavy atom. The molecule has 98 valence electrons. The second kappa shape index (κ2) is 6.08. The average Bonchev–Trinajstić information content (AvgIpc) is 2.37. The van der Waals surface area contributed by atoms with Crippen LogP contribution in [0.5, 0.6) is 0 Å². The minimum Gasteiger partial charge on any atom is -0.294 e. The lowest BCUT2D eigenvalue weighted by Crippen LogP contribution is -2.06. The second-order valence-electron chi connectivity index (χ2n) is 4.24. The maximum Gasteiger partial charge on any atom is 0.168 e. The van der Waals surface area contributed by atoms with Crippen molar-refractivity contribution in [1.82, 2.24) is 0 Å². The number of hydrogen-bond donors (Lipinski definition) is 0. The van der Waals surface area contributed by atoms with Crippen molar-refractivity contribution in [3.8, 4) is 0 Å². The molecule has 0 saturated carbocycles. The Morgan fingerprint density at radius 2 is 1.68 bits per heavy atom. The fourth-order valence-electron chi connectivity index (χ4n) is 1.82. The Morgan fingerprint density at radius 1 is 1.11 bits per heavy atom. The van der Waals surface area contributed by atoms with Crippen molar-refractivity contribution in [2.75, 3.05) is 0 Å². The van der Waals surface area contributed by atoms with Gasteiger partial charge >= 0.3 is 0 Å². The molecule has 4 heteroatoms. The first kappa shape index (κ1) is 14.6. The topological polar surface area (TPSA) is 17.1 Å². The highest BCUT2D eigenvalue weighted by Crippen LogP contribution is 2.28. The van der Waals surface area contributed by atoms with Gasteiger partial charge in [0, 0.05) is 26.5 Å². The largest absolute Gasteiger partial charge is 0.294 e. The van der Waals surface area contributed by atoms with E-state index in [2.05, 4.69) is 15.9 Å². The smallest absolute Gasteiger partial charge is 0.168 e. The molecule has 0 aliphatic rings. The molecule has 0 N–H and O–H groups in total. The minimum atomic E-state index is -0.00873. The van der Waals surface area contributed by atoms with E-state index in [1.807, 2.05) is 19.1 Å². The van der Waals surface area contributed by atoms with E-state index in [1.165, 1.54) is 0 Å². The monoisotopic (exact) mass is 356 g/mol. The Kier molecular flexibility index (Phi) is 4.67. The van der Waals surface area contributed by atoms with E-state index in [1.54, 1.807) is 24.3 Å². The van der Waals surface area contributed by atoms with Crippen LogP contribution in [0.1, 0.15) is 21.5 Å². The van der Waals surface area contributed by atoms with Crippen molar-refractivity contribution in [2.24, 2.45) is 0 Å². The predicted molar refractivity (Wildman–Crippen MR) is 83.4 cm³/mol. The summed E-state index contributed by atoms with van der Waals surface area (Å²) in [7, 11) is 0. The third-order valence-electron chi connectivity index (χ3n) is 2.89. The zero-order valence-corrected chi connectivity index (χ0v) is 13.3. The third kappa shape index (κ3) is 3.19. The molecule has 0 spiro atoms. The van der Waals surface area contributed by atoms with Crippen LogP contribution in [0.15, 0.2) is 40.9 Å². The molecule has 0 aliphatic heterocycles. The summed E-state index contributed by atoms with van der Waals surface area (Å²) in [4.78, 5) is 12.3.